The Balaban J connectivity index is 2.02. The number of hydrogen-bond donors (Lipinski definition) is 2. The molecule has 2 N–H and O–H groups in total. The predicted octanol–water partition coefficient (Wildman–Crippen LogP) is 4.26. The molecule has 0 aliphatic carbocycles. The number of benzene rings is 2. The standard InChI is InChI=1S/C23H30ClFN2O4/c1-15(26-10-11-27-23(2,3)22(28)30-5)19-12-16(25)13-21(24)20(19)14-31-18-8-6-17(29-4)7-9-18/h6-9,12-13,15,26-27H,10-11,14H2,1-5H3/t15-/m0/s1. The summed E-state index contributed by atoms with van der Waals surface area (Å²) < 4.78 is 29.8. The molecule has 0 amide bonds. The highest BCUT2D eigenvalue weighted by Crippen LogP contribution is 2.28. The number of halogens is 2. The number of nitrogens with one attached hydrogen (secondary N) is 2. The molecule has 31 heavy (non-hydrogen) atoms. The molecule has 0 saturated carbocycles. The Morgan fingerprint density at radius 2 is 1.77 bits per heavy atom. The molecule has 1 atom stereocenters. The molecule has 2 aromatic rings. The SMILES string of the molecule is COC(=O)C(C)(C)NCCN[C@@H](C)c1cc(F)cc(Cl)c1COc1ccc(OC)cc1. The third kappa shape index (κ3) is 7.09. The minimum Gasteiger partial charge on any atom is -0.497 e. The van der Waals surface area contributed by atoms with Crippen LogP contribution < -0.4 is 20.1 Å². The Morgan fingerprint density at radius 3 is 2.39 bits per heavy atom. The Labute approximate surface area is 188 Å². The van der Waals surface area contributed by atoms with Gasteiger partial charge in [0.25, 0.3) is 0 Å². The quantitative estimate of drug-likeness (QED) is 0.392. The highest BCUT2D eigenvalue weighted by atomic mass is 35.5. The first kappa shape index (κ1) is 24.9. The first-order valence-corrected chi connectivity index (χ1v) is 10.4. The van der Waals surface area contributed by atoms with Crippen LogP contribution in [0.2, 0.25) is 5.02 Å². The lowest BCUT2D eigenvalue weighted by atomic mass is 10.0. The lowest BCUT2D eigenvalue weighted by molar-refractivity contribution is -0.147. The van der Waals surface area contributed by atoms with Crippen molar-refractivity contribution in [2.45, 2.75) is 39.0 Å². The summed E-state index contributed by atoms with van der Waals surface area (Å²) in [5.74, 6) is 0.638. The Bertz CT molecular complexity index is 875. The van der Waals surface area contributed by atoms with Crippen LogP contribution in [0.25, 0.3) is 0 Å². The van der Waals surface area contributed by atoms with Crippen molar-refractivity contribution in [1.82, 2.24) is 10.6 Å². The van der Waals surface area contributed by atoms with E-state index in [1.54, 1.807) is 45.2 Å². The van der Waals surface area contributed by atoms with Crippen molar-refractivity contribution in [2.75, 3.05) is 27.3 Å². The van der Waals surface area contributed by atoms with Crippen LogP contribution in [0, 0.1) is 5.82 Å². The molecule has 8 heteroatoms. The van der Waals surface area contributed by atoms with Crippen molar-refractivity contribution < 1.29 is 23.4 Å². The van der Waals surface area contributed by atoms with E-state index in [1.807, 2.05) is 6.92 Å². The fourth-order valence-electron chi connectivity index (χ4n) is 3.09. The average molecular weight is 453 g/mol. The van der Waals surface area contributed by atoms with E-state index < -0.39 is 11.4 Å². The van der Waals surface area contributed by atoms with Crippen molar-refractivity contribution in [3.63, 3.8) is 0 Å². The number of carbonyl (C=O) groups is 1. The molecule has 0 aromatic heterocycles. The molecule has 6 nitrogen and oxygen atoms in total. The second kappa shape index (κ2) is 11.3. The lowest BCUT2D eigenvalue weighted by Crippen LogP contribution is -2.49. The second-order valence-electron chi connectivity index (χ2n) is 7.64. The van der Waals surface area contributed by atoms with Gasteiger partial charge in [0, 0.05) is 24.7 Å². The van der Waals surface area contributed by atoms with E-state index >= 15 is 0 Å². The van der Waals surface area contributed by atoms with Gasteiger partial charge in [-0.1, -0.05) is 11.6 Å². The van der Waals surface area contributed by atoms with Gasteiger partial charge in [-0.25, -0.2) is 4.39 Å². The van der Waals surface area contributed by atoms with Crippen LogP contribution in [-0.2, 0) is 16.1 Å². The highest BCUT2D eigenvalue weighted by Gasteiger charge is 2.27. The maximum atomic E-state index is 14.1. The Morgan fingerprint density at radius 1 is 1.13 bits per heavy atom. The minimum atomic E-state index is -0.792. The normalized spacial score (nSPS) is 12.4. The molecule has 2 rings (SSSR count). The minimum absolute atomic E-state index is 0.189. The second-order valence-corrected chi connectivity index (χ2v) is 8.05. The summed E-state index contributed by atoms with van der Waals surface area (Å²) in [7, 11) is 2.95. The number of ether oxygens (including phenoxy) is 3. The third-order valence-corrected chi connectivity index (χ3v) is 5.28. The van der Waals surface area contributed by atoms with Crippen molar-refractivity contribution in [3.05, 3.63) is 58.4 Å². The maximum Gasteiger partial charge on any atom is 0.325 e. The van der Waals surface area contributed by atoms with Gasteiger partial charge in [-0.2, -0.15) is 0 Å². The third-order valence-electron chi connectivity index (χ3n) is 4.94. The summed E-state index contributed by atoms with van der Waals surface area (Å²) in [6, 6.07) is 9.75. The Kier molecular flexibility index (Phi) is 9.10. The summed E-state index contributed by atoms with van der Waals surface area (Å²) in [5.41, 5.74) is 0.631. The van der Waals surface area contributed by atoms with Crippen LogP contribution in [0.3, 0.4) is 0 Å². The zero-order chi connectivity index (χ0) is 23.0. The molecule has 0 aliphatic heterocycles. The van der Waals surface area contributed by atoms with Gasteiger partial charge in [0.05, 0.1) is 19.2 Å². The van der Waals surface area contributed by atoms with Crippen molar-refractivity contribution in [2.24, 2.45) is 0 Å². The van der Waals surface area contributed by atoms with Gasteiger partial charge in [0.15, 0.2) is 0 Å². The van der Waals surface area contributed by atoms with Crippen LogP contribution in [0.15, 0.2) is 36.4 Å². The van der Waals surface area contributed by atoms with E-state index in [4.69, 9.17) is 25.8 Å². The summed E-state index contributed by atoms with van der Waals surface area (Å²) >= 11 is 6.33. The van der Waals surface area contributed by atoms with E-state index in [0.717, 1.165) is 5.75 Å². The summed E-state index contributed by atoms with van der Waals surface area (Å²) in [6.07, 6.45) is 0. The molecule has 0 spiro atoms. The van der Waals surface area contributed by atoms with E-state index in [9.17, 15) is 9.18 Å². The average Bonchev–Trinajstić information content (AvgIpc) is 2.75. The zero-order valence-corrected chi connectivity index (χ0v) is 19.3. The summed E-state index contributed by atoms with van der Waals surface area (Å²) in [6.45, 7) is 6.70. The van der Waals surface area contributed by atoms with Crippen LogP contribution in [-0.4, -0.2) is 38.8 Å². The monoisotopic (exact) mass is 452 g/mol. The summed E-state index contributed by atoms with van der Waals surface area (Å²) in [4.78, 5) is 11.7. The lowest BCUT2D eigenvalue weighted by Gasteiger charge is -2.24. The molecule has 0 saturated heterocycles. The highest BCUT2D eigenvalue weighted by molar-refractivity contribution is 6.31. The molecule has 2 aromatic carbocycles. The van der Waals surface area contributed by atoms with Gasteiger partial charge < -0.3 is 24.8 Å². The van der Waals surface area contributed by atoms with Gasteiger partial charge in [-0.05, 0) is 62.7 Å². The van der Waals surface area contributed by atoms with Gasteiger partial charge in [-0.15, -0.1) is 0 Å². The molecule has 0 aliphatic rings. The zero-order valence-electron chi connectivity index (χ0n) is 18.6. The molecular weight excluding hydrogens is 423 g/mol. The topological polar surface area (TPSA) is 68.8 Å². The number of carbonyl (C=O) groups excluding carboxylic acids is 1. The predicted molar refractivity (Wildman–Crippen MR) is 119 cm³/mol. The van der Waals surface area contributed by atoms with Crippen molar-refractivity contribution in [1.29, 1.82) is 0 Å². The molecule has 0 radical (unpaired) electrons. The Hall–Kier alpha value is -2.35. The van der Waals surface area contributed by atoms with Crippen LogP contribution in [0.4, 0.5) is 4.39 Å². The first-order valence-electron chi connectivity index (χ1n) is 9.99. The van der Waals surface area contributed by atoms with Crippen LogP contribution in [0.5, 0.6) is 11.5 Å². The van der Waals surface area contributed by atoms with Gasteiger partial charge >= 0.3 is 5.97 Å². The maximum absolute atomic E-state index is 14.1. The van der Waals surface area contributed by atoms with Crippen molar-refractivity contribution in [3.8, 4) is 11.5 Å². The molecule has 0 heterocycles. The van der Waals surface area contributed by atoms with Gasteiger partial charge in [0.1, 0.15) is 29.5 Å². The van der Waals surface area contributed by atoms with E-state index in [1.165, 1.54) is 19.2 Å². The number of esters is 1. The molecule has 0 unspecified atom stereocenters. The molecule has 0 fully saturated rings. The van der Waals surface area contributed by atoms with Gasteiger partial charge in [0.2, 0.25) is 0 Å². The largest absolute Gasteiger partial charge is 0.497 e. The number of rotatable bonds is 11. The number of hydrogen-bond acceptors (Lipinski definition) is 6. The van der Waals surface area contributed by atoms with Crippen molar-refractivity contribution >= 4 is 17.6 Å². The summed E-state index contributed by atoms with van der Waals surface area (Å²) in [5, 5.41) is 6.77. The van der Waals surface area contributed by atoms with Gasteiger partial charge in [-0.3, -0.25) is 4.79 Å². The molecular formula is C23H30ClFN2O4. The van der Waals surface area contributed by atoms with E-state index in [-0.39, 0.29) is 18.6 Å². The molecule has 170 valence electrons. The molecule has 0 bridgehead atoms. The smallest absolute Gasteiger partial charge is 0.325 e. The van der Waals surface area contributed by atoms with E-state index in [0.29, 0.717) is 35.0 Å². The fourth-order valence-corrected chi connectivity index (χ4v) is 3.36. The number of methoxy groups -OCH3 is 2. The first-order chi connectivity index (χ1) is 14.7. The van der Waals surface area contributed by atoms with Crippen LogP contribution >= 0.6 is 11.6 Å². The van der Waals surface area contributed by atoms with E-state index in [2.05, 4.69) is 10.6 Å². The van der Waals surface area contributed by atoms with Crippen LogP contribution in [0.1, 0.15) is 37.9 Å². The fraction of sp³-hybridized carbons (Fsp3) is 0.435.